The number of benzene rings is 1. The van der Waals surface area contributed by atoms with Crippen LogP contribution < -0.4 is 10.6 Å². The fourth-order valence-electron chi connectivity index (χ4n) is 1.66. The highest BCUT2D eigenvalue weighted by atomic mass is 79.9. The van der Waals surface area contributed by atoms with Crippen LogP contribution >= 0.6 is 27.5 Å². The van der Waals surface area contributed by atoms with Crippen molar-refractivity contribution in [1.29, 1.82) is 0 Å². The number of nitrogens with zero attached hydrogens (tertiary/aromatic N) is 1. The average molecular weight is 290 g/mol. The van der Waals surface area contributed by atoms with Gasteiger partial charge in [0, 0.05) is 28.5 Å². The van der Waals surface area contributed by atoms with Crippen molar-refractivity contribution in [2.24, 2.45) is 5.73 Å². The van der Waals surface area contributed by atoms with Gasteiger partial charge in [-0.2, -0.15) is 0 Å². The molecule has 1 aliphatic rings. The summed E-state index contributed by atoms with van der Waals surface area (Å²) in [7, 11) is 0. The molecule has 1 aliphatic heterocycles. The molecule has 0 aromatic heterocycles. The maximum absolute atomic E-state index is 11.6. The van der Waals surface area contributed by atoms with Gasteiger partial charge in [0.2, 0.25) is 5.91 Å². The Morgan fingerprint density at radius 3 is 2.87 bits per heavy atom. The van der Waals surface area contributed by atoms with E-state index in [-0.39, 0.29) is 11.9 Å². The summed E-state index contributed by atoms with van der Waals surface area (Å²) in [5.41, 5.74) is 6.52. The molecular weight excluding hydrogens is 279 g/mol. The van der Waals surface area contributed by atoms with Gasteiger partial charge in [0.1, 0.15) is 0 Å². The number of carbonyl (C=O) groups is 1. The zero-order valence-electron chi connectivity index (χ0n) is 7.91. The molecular formula is C10H10BrClN2O. The van der Waals surface area contributed by atoms with Gasteiger partial charge in [-0.1, -0.05) is 11.6 Å². The monoisotopic (exact) mass is 288 g/mol. The lowest BCUT2D eigenvalue weighted by Crippen LogP contribution is -2.28. The first-order chi connectivity index (χ1) is 7.08. The van der Waals surface area contributed by atoms with Crippen molar-refractivity contribution < 1.29 is 4.79 Å². The molecule has 0 spiro atoms. The van der Waals surface area contributed by atoms with E-state index in [4.69, 9.17) is 17.3 Å². The Hall–Kier alpha value is -0.580. The molecule has 1 heterocycles. The summed E-state index contributed by atoms with van der Waals surface area (Å²) in [6, 6.07) is 5.29. The molecule has 1 unspecified atom stereocenters. The number of halogens is 2. The highest BCUT2D eigenvalue weighted by Crippen LogP contribution is 2.31. The third kappa shape index (κ3) is 2.17. The van der Waals surface area contributed by atoms with Gasteiger partial charge in [-0.25, -0.2) is 0 Å². The standard InChI is InChI=1S/C10H10BrClN2O/c11-8-2-1-6(12)3-9(8)14-5-7(13)4-10(14)15/h1-3,7H,4-5,13H2. The smallest absolute Gasteiger partial charge is 0.228 e. The van der Waals surface area contributed by atoms with Crippen molar-refractivity contribution in [3.8, 4) is 0 Å². The lowest BCUT2D eigenvalue weighted by atomic mass is 10.3. The van der Waals surface area contributed by atoms with E-state index < -0.39 is 0 Å². The van der Waals surface area contributed by atoms with Gasteiger partial charge in [0.15, 0.2) is 0 Å². The lowest BCUT2D eigenvalue weighted by molar-refractivity contribution is -0.117. The third-order valence-corrected chi connectivity index (χ3v) is 3.26. The summed E-state index contributed by atoms with van der Waals surface area (Å²) < 4.78 is 0.856. The summed E-state index contributed by atoms with van der Waals surface area (Å²) in [5, 5.41) is 0.612. The van der Waals surface area contributed by atoms with Gasteiger partial charge >= 0.3 is 0 Å². The van der Waals surface area contributed by atoms with Crippen molar-refractivity contribution in [3.05, 3.63) is 27.7 Å². The number of anilines is 1. The second kappa shape index (κ2) is 4.12. The van der Waals surface area contributed by atoms with Crippen LogP contribution in [0.4, 0.5) is 5.69 Å². The summed E-state index contributed by atoms with van der Waals surface area (Å²) in [4.78, 5) is 13.3. The molecule has 2 N–H and O–H groups in total. The Labute approximate surface area is 101 Å². The predicted molar refractivity (Wildman–Crippen MR) is 64.1 cm³/mol. The predicted octanol–water partition coefficient (Wildman–Crippen LogP) is 2.17. The molecule has 1 amide bonds. The van der Waals surface area contributed by atoms with Crippen LogP contribution in [0.1, 0.15) is 6.42 Å². The summed E-state index contributed by atoms with van der Waals surface area (Å²) in [6.07, 6.45) is 0.402. The zero-order chi connectivity index (χ0) is 11.0. The molecule has 2 rings (SSSR count). The van der Waals surface area contributed by atoms with Crippen LogP contribution in [0, 0.1) is 0 Å². The van der Waals surface area contributed by atoms with E-state index in [1.54, 1.807) is 17.0 Å². The molecule has 1 atom stereocenters. The summed E-state index contributed by atoms with van der Waals surface area (Å²) in [6.45, 7) is 0.553. The van der Waals surface area contributed by atoms with Crippen LogP contribution in [0.3, 0.4) is 0 Å². The number of amides is 1. The van der Waals surface area contributed by atoms with Crippen molar-refractivity contribution in [1.82, 2.24) is 0 Å². The highest BCUT2D eigenvalue weighted by molar-refractivity contribution is 9.10. The Morgan fingerprint density at radius 2 is 2.27 bits per heavy atom. The van der Waals surface area contributed by atoms with Gasteiger partial charge in [-0.3, -0.25) is 4.79 Å². The number of nitrogens with two attached hydrogens (primary N) is 1. The Balaban J connectivity index is 2.37. The van der Waals surface area contributed by atoms with E-state index >= 15 is 0 Å². The first-order valence-electron chi connectivity index (χ1n) is 4.59. The van der Waals surface area contributed by atoms with Crippen LogP contribution in [-0.4, -0.2) is 18.5 Å². The van der Waals surface area contributed by atoms with E-state index in [2.05, 4.69) is 15.9 Å². The van der Waals surface area contributed by atoms with Gasteiger partial charge in [-0.05, 0) is 34.1 Å². The molecule has 1 fully saturated rings. The molecule has 0 aliphatic carbocycles. The maximum Gasteiger partial charge on any atom is 0.228 e. The van der Waals surface area contributed by atoms with E-state index in [9.17, 15) is 4.79 Å². The lowest BCUT2D eigenvalue weighted by Gasteiger charge is -2.17. The number of hydrogen-bond acceptors (Lipinski definition) is 2. The van der Waals surface area contributed by atoms with Crippen molar-refractivity contribution in [3.63, 3.8) is 0 Å². The topological polar surface area (TPSA) is 46.3 Å². The highest BCUT2D eigenvalue weighted by Gasteiger charge is 2.29. The zero-order valence-corrected chi connectivity index (χ0v) is 10.3. The van der Waals surface area contributed by atoms with Crippen molar-refractivity contribution in [2.75, 3.05) is 11.4 Å². The molecule has 5 heteroatoms. The van der Waals surface area contributed by atoms with Crippen LogP contribution in [0.15, 0.2) is 22.7 Å². The van der Waals surface area contributed by atoms with Crippen LogP contribution in [0.5, 0.6) is 0 Å². The van der Waals surface area contributed by atoms with Crippen LogP contribution in [0.25, 0.3) is 0 Å². The Morgan fingerprint density at radius 1 is 1.53 bits per heavy atom. The molecule has 1 aromatic carbocycles. The third-order valence-electron chi connectivity index (χ3n) is 2.35. The van der Waals surface area contributed by atoms with Crippen LogP contribution in [-0.2, 0) is 4.79 Å². The summed E-state index contributed by atoms with van der Waals surface area (Å²) in [5.74, 6) is 0.0467. The fourth-order valence-corrected chi connectivity index (χ4v) is 2.29. The van der Waals surface area contributed by atoms with Gasteiger partial charge in [0.05, 0.1) is 5.69 Å². The SMILES string of the molecule is NC1CC(=O)N(c2cc(Cl)ccc2Br)C1. The molecule has 3 nitrogen and oxygen atoms in total. The molecule has 0 bridgehead atoms. The minimum atomic E-state index is -0.0802. The largest absolute Gasteiger partial charge is 0.326 e. The fraction of sp³-hybridized carbons (Fsp3) is 0.300. The first kappa shape index (κ1) is 10.9. The molecule has 1 aromatic rings. The number of rotatable bonds is 1. The molecule has 0 radical (unpaired) electrons. The van der Waals surface area contributed by atoms with Gasteiger partial charge < -0.3 is 10.6 Å². The van der Waals surface area contributed by atoms with E-state index in [0.717, 1.165) is 10.2 Å². The van der Waals surface area contributed by atoms with Gasteiger partial charge in [0.25, 0.3) is 0 Å². The van der Waals surface area contributed by atoms with Crippen LogP contribution in [0.2, 0.25) is 5.02 Å². The van der Waals surface area contributed by atoms with Crippen molar-refractivity contribution in [2.45, 2.75) is 12.5 Å². The molecule has 1 saturated heterocycles. The second-order valence-electron chi connectivity index (χ2n) is 3.56. The normalized spacial score (nSPS) is 21.1. The minimum Gasteiger partial charge on any atom is -0.326 e. The van der Waals surface area contributed by atoms with E-state index in [0.29, 0.717) is 18.0 Å². The molecule has 15 heavy (non-hydrogen) atoms. The Kier molecular flexibility index (Phi) is 3.00. The number of carbonyl (C=O) groups excluding carboxylic acids is 1. The average Bonchev–Trinajstić information content (AvgIpc) is 2.50. The maximum atomic E-state index is 11.6. The quantitative estimate of drug-likeness (QED) is 0.861. The molecule has 80 valence electrons. The Bertz CT molecular complexity index is 410. The summed E-state index contributed by atoms with van der Waals surface area (Å²) >= 11 is 9.28. The van der Waals surface area contributed by atoms with E-state index in [1.165, 1.54) is 0 Å². The van der Waals surface area contributed by atoms with Gasteiger partial charge in [-0.15, -0.1) is 0 Å². The van der Waals surface area contributed by atoms with Crippen molar-refractivity contribution >= 4 is 39.1 Å². The molecule has 0 saturated carbocycles. The number of hydrogen-bond donors (Lipinski definition) is 1. The second-order valence-corrected chi connectivity index (χ2v) is 4.86. The van der Waals surface area contributed by atoms with E-state index in [1.807, 2.05) is 6.07 Å². The minimum absolute atomic E-state index is 0.0467. The first-order valence-corrected chi connectivity index (χ1v) is 5.76.